The first-order valence-electron chi connectivity index (χ1n) is 6.10. The summed E-state index contributed by atoms with van der Waals surface area (Å²) >= 11 is 0. The standard InChI is InChI=1S/C14H14N2O4/c1-9-8-12(20-16-9)13(17)15-7-6-10-2-4-11(5-3-10)14(18)19/h2-5,8H,6-7H2,1H3,(H,15,17)(H,18,19). The number of hydrogen-bond donors (Lipinski definition) is 2. The third kappa shape index (κ3) is 3.44. The number of aromatic carboxylic acids is 1. The van der Waals surface area contributed by atoms with Gasteiger partial charge in [-0.25, -0.2) is 4.79 Å². The molecule has 0 radical (unpaired) electrons. The highest BCUT2D eigenvalue weighted by Gasteiger charge is 2.10. The van der Waals surface area contributed by atoms with Gasteiger partial charge in [0.1, 0.15) is 0 Å². The summed E-state index contributed by atoms with van der Waals surface area (Å²) in [6.07, 6.45) is 0.610. The lowest BCUT2D eigenvalue weighted by Crippen LogP contribution is -2.25. The zero-order valence-corrected chi connectivity index (χ0v) is 10.9. The minimum absolute atomic E-state index is 0.184. The number of amides is 1. The molecule has 0 saturated carbocycles. The summed E-state index contributed by atoms with van der Waals surface area (Å²) in [6, 6.07) is 8.11. The fraction of sp³-hybridized carbons (Fsp3) is 0.214. The molecule has 0 bridgehead atoms. The summed E-state index contributed by atoms with van der Waals surface area (Å²) in [5.41, 5.74) is 1.85. The van der Waals surface area contributed by atoms with Gasteiger partial charge in [-0.1, -0.05) is 17.3 Å². The quantitative estimate of drug-likeness (QED) is 0.864. The van der Waals surface area contributed by atoms with Crippen molar-refractivity contribution in [1.82, 2.24) is 10.5 Å². The maximum atomic E-state index is 11.7. The molecule has 0 aliphatic rings. The van der Waals surface area contributed by atoms with Crippen molar-refractivity contribution in [3.63, 3.8) is 0 Å². The van der Waals surface area contributed by atoms with Gasteiger partial charge in [-0.2, -0.15) is 0 Å². The van der Waals surface area contributed by atoms with Crippen LogP contribution in [0.25, 0.3) is 0 Å². The first-order chi connectivity index (χ1) is 9.56. The summed E-state index contributed by atoms with van der Waals surface area (Å²) in [4.78, 5) is 22.4. The fourth-order valence-electron chi connectivity index (χ4n) is 1.69. The number of benzene rings is 1. The van der Waals surface area contributed by atoms with E-state index in [-0.39, 0.29) is 17.2 Å². The van der Waals surface area contributed by atoms with Crippen molar-refractivity contribution in [3.8, 4) is 0 Å². The Morgan fingerprint density at radius 3 is 2.55 bits per heavy atom. The Bertz CT molecular complexity index is 616. The second kappa shape index (κ2) is 6.01. The van der Waals surface area contributed by atoms with E-state index >= 15 is 0 Å². The molecule has 0 fully saturated rings. The third-order valence-electron chi connectivity index (χ3n) is 2.75. The van der Waals surface area contributed by atoms with Crippen LogP contribution < -0.4 is 5.32 Å². The minimum Gasteiger partial charge on any atom is -0.478 e. The summed E-state index contributed by atoms with van der Waals surface area (Å²) in [5.74, 6) is -1.08. The van der Waals surface area contributed by atoms with Crippen molar-refractivity contribution in [2.24, 2.45) is 0 Å². The first kappa shape index (κ1) is 13.8. The van der Waals surface area contributed by atoms with Gasteiger partial charge in [-0.3, -0.25) is 4.79 Å². The van der Waals surface area contributed by atoms with Gasteiger partial charge in [-0.05, 0) is 31.0 Å². The molecule has 0 aliphatic carbocycles. The van der Waals surface area contributed by atoms with Crippen molar-refractivity contribution >= 4 is 11.9 Å². The van der Waals surface area contributed by atoms with Crippen LogP contribution in [0, 0.1) is 6.92 Å². The number of carboxylic acid groups (broad SMARTS) is 1. The van der Waals surface area contributed by atoms with Crippen molar-refractivity contribution in [1.29, 1.82) is 0 Å². The monoisotopic (exact) mass is 274 g/mol. The maximum absolute atomic E-state index is 11.7. The molecule has 1 amide bonds. The summed E-state index contributed by atoms with van der Waals surface area (Å²) < 4.78 is 4.84. The average Bonchev–Trinajstić information content (AvgIpc) is 2.86. The Balaban J connectivity index is 1.83. The van der Waals surface area contributed by atoms with Crippen LogP contribution >= 0.6 is 0 Å². The molecule has 6 nitrogen and oxygen atoms in total. The number of hydrogen-bond acceptors (Lipinski definition) is 4. The van der Waals surface area contributed by atoms with Crippen molar-refractivity contribution in [3.05, 3.63) is 52.9 Å². The zero-order chi connectivity index (χ0) is 14.5. The topological polar surface area (TPSA) is 92.4 Å². The van der Waals surface area contributed by atoms with Gasteiger partial charge in [0.05, 0.1) is 11.3 Å². The lowest BCUT2D eigenvalue weighted by atomic mass is 10.1. The van der Waals surface area contributed by atoms with Crippen molar-refractivity contribution < 1.29 is 19.2 Å². The van der Waals surface area contributed by atoms with Crippen molar-refractivity contribution in [2.45, 2.75) is 13.3 Å². The number of nitrogens with one attached hydrogen (secondary N) is 1. The Kier molecular flexibility index (Phi) is 4.14. The Hall–Kier alpha value is -2.63. The van der Waals surface area contributed by atoms with Gasteiger partial charge >= 0.3 is 5.97 Å². The van der Waals surface area contributed by atoms with E-state index < -0.39 is 5.97 Å². The SMILES string of the molecule is Cc1cc(C(=O)NCCc2ccc(C(=O)O)cc2)on1. The predicted molar refractivity (Wildman–Crippen MR) is 70.7 cm³/mol. The summed E-state index contributed by atoms with van der Waals surface area (Å²) in [6.45, 7) is 2.18. The van der Waals surface area contributed by atoms with Gasteiger partial charge in [0.15, 0.2) is 0 Å². The highest BCUT2D eigenvalue weighted by molar-refractivity contribution is 5.91. The van der Waals surface area contributed by atoms with Gasteiger partial charge < -0.3 is 14.9 Å². The van der Waals surface area contributed by atoms with E-state index in [0.29, 0.717) is 18.7 Å². The Morgan fingerprint density at radius 2 is 2.00 bits per heavy atom. The van der Waals surface area contributed by atoms with Gasteiger partial charge in [0, 0.05) is 12.6 Å². The fourth-order valence-corrected chi connectivity index (χ4v) is 1.69. The Morgan fingerprint density at radius 1 is 1.30 bits per heavy atom. The molecule has 0 aliphatic heterocycles. The van der Waals surface area contributed by atoms with Gasteiger partial charge in [0.25, 0.3) is 5.91 Å². The van der Waals surface area contributed by atoms with E-state index in [4.69, 9.17) is 9.63 Å². The normalized spacial score (nSPS) is 10.2. The van der Waals surface area contributed by atoms with Gasteiger partial charge in [0.2, 0.25) is 5.76 Å². The van der Waals surface area contributed by atoms with Crippen LogP contribution in [0.5, 0.6) is 0 Å². The van der Waals surface area contributed by atoms with E-state index in [1.165, 1.54) is 0 Å². The lowest BCUT2D eigenvalue weighted by molar-refractivity contribution is 0.0696. The van der Waals surface area contributed by atoms with E-state index in [9.17, 15) is 9.59 Å². The zero-order valence-electron chi connectivity index (χ0n) is 10.9. The summed E-state index contributed by atoms with van der Waals surface area (Å²) in [7, 11) is 0. The number of aryl methyl sites for hydroxylation is 1. The van der Waals surface area contributed by atoms with E-state index in [2.05, 4.69) is 10.5 Å². The summed E-state index contributed by atoms with van der Waals surface area (Å²) in [5, 5.41) is 15.1. The minimum atomic E-state index is -0.953. The van der Waals surface area contributed by atoms with Crippen molar-refractivity contribution in [2.75, 3.05) is 6.54 Å². The largest absolute Gasteiger partial charge is 0.478 e. The van der Waals surface area contributed by atoms with E-state index in [1.54, 1.807) is 37.3 Å². The molecule has 20 heavy (non-hydrogen) atoms. The molecule has 0 unspecified atom stereocenters. The smallest absolute Gasteiger partial charge is 0.335 e. The van der Waals surface area contributed by atoms with Crippen LogP contribution in [0.1, 0.15) is 32.2 Å². The molecule has 6 heteroatoms. The van der Waals surface area contributed by atoms with Crippen LogP contribution in [0.2, 0.25) is 0 Å². The second-order valence-electron chi connectivity index (χ2n) is 4.34. The number of carbonyl (C=O) groups excluding carboxylic acids is 1. The molecule has 1 aromatic heterocycles. The predicted octanol–water partition coefficient (Wildman–Crippen LogP) is 1.65. The maximum Gasteiger partial charge on any atom is 0.335 e. The molecule has 0 spiro atoms. The van der Waals surface area contributed by atoms with Crippen LogP contribution in [0.3, 0.4) is 0 Å². The number of aromatic nitrogens is 1. The first-order valence-corrected chi connectivity index (χ1v) is 6.10. The second-order valence-corrected chi connectivity index (χ2v) is 4.34. The number of carbonyl (C=O) groups is 2. The van der Waals surface area contributed by atoms with Crippen LogP contribution in [-0.2, 0) is 6.42 Å². The molecule has 2 aromatic rings. The molecular weight excluding hydrogens is 260 g/mol. The highest BCUT2D eigenvalue weighted by atomic mass is 16.5. The molecule has 0 atom stereocenters. The number of carboxylic acids is 1. The van der Waals surface area contributed by atoms with Gasteiger partial charge in [-0.15, -0.1) is 0 Å². The molecule has 104 valence electrons. The van der Waals surface area contributed by atoms with Crippen LogP contribution in [-0.4, -0.2) is 28.7 Å². The van der Waals surface area contributed by atoms with Crippen LogP contribution in [0.4, 0.5) is 0 Å². The molecule has 0 saturated heterocycles. The molecule has 2 N–H and O–H groups in total. The molecule has 2 rings (SSSR count). The third-order valence-corrected chi connectivity index (χ3v) is 2.75. The van der Waals surface area contributed by atoms with E-state index in [0.717, 1.165) is 5.56 Å². The number of nitrogens with zero attached hydrogens (tertiary/aromatic N) is 1. The molecule has 1 aromatic carbocycles. The Labute approximate surface area is 115 Å². The number of rotatable bonds is 5. The van der Waals surface area contributed by atoms with Crippen LogP contribution in [0.15, 0.2) is 34.9 Å². The average molecular weight is 274 g/mol. The highest BCUT2D eigenvalue weighted by Crippen LogP contribution is 2.05. The lowest BCUT2D eigenvalue weighted by Gasteiger charge is -2.03. The molecular formula is C14H14N2O4. The van der Waals surface area contributed by atoms with E-state index in [1.807, 2.05) is 0 Å². The molecule has 1 heterocycles.